The third kappa shape index (κ3) is 26.5. The van der Waals surface area contributed by atoms with Crippen LogP contribution >= 0.6 is 0 Å². The van der Waals surface area contributed by atoms with E-state index in [1.165, 1.54) is 256 Å². The van der Waals surface area contributed by atoms with Gasteiger partial charge in [-0.2, -0.15) is 0 Å². The molecule has 2 N–H and O–H groups in total. The summed E-state index contributed by atoms with van der Waals surface area (Å²) in [6, 6.07) is 65.5. The topological polar surface area (TPSA) is 142 Å². The molecule has 0 bridgehead atoms. The maximum absolute atomic E-state index is 10.4. The molecule has 0 spiro atoms. The van der Waals surface area contributed by atoms with Crippen LogP contribution in [0.25, 0.3) is 0 Å². The van der Waals surface area contributed by atoms with Crippen LogP contribution in [0, 0.1) is 76.2 Å². The van der Waals surface area contributed by atoms with Gasteiger partial charge < -0.3 is 62.3 Å². The zero-order valence-corrected chi connectivity index (χ0v) is 88.2. The Kier molecular flexibility index (Phi) is 42.6. The molecule has 0 amide bonds. The normalized spacial score (nSPS) is 15.0. The zero-order chi connectivity index (χ0) is 99.8. The van der Waals surface area contributed by atoms with Gasteiger partial charge in [0.2, 0.25) is 0 Å². The molecule has 0 aromatic heterocycles. The second-order valence-electron chi connectivity index (χ2n) is 38.6. The molecule has 0 aliphatic heterocycles. The molecule has 4 atom stereocenters. The quantitative estimate of drug-likeness (QED) is 0.0273. The van der Waals surface area contributed by atoms with Gasteiger partial charge in [0.15, 0.2) is 23.0 Å². The van der Waals surface area contributed by atoms with E-state index in [4.69, 9.17) is 42.6 Å². The van der Waals surface area contributed by atoms with Crippen molar-refractivity contribution in [2.45, 2.75) is 272 Å². The summed E-state index contributed by atoms with van der Waals surface area (Å²) in [6.07, 6.45) is 27.2. The Labute approximate surface area is 829 Å². The van der Waals surface area contributed by atoms with Crippen molar-refractivity contribution in [2.75, 3.05) is 92.4 Å². The third-order valence-corrected chi connectivity index (χ3v) is 29.5. The van der Waals surface area contributed by atoms with Crippen molar-refractivity contribution in [3.63, 3.8) is 0 Å². The minimum Gasteiger partial charge on any atom is -0.504 e. The van der Waals surface area contributed by atoms with Crippen LogP contribution in [-0.2, 0) is 27.4 Å². The highest BCUT2D eigenvalue weighted by Gasteiger charge is 2.35. The van der Waals surface area contributed by atoms with Crippen LogP contribution in [0.1, 0.15) is 338 Å². The van der Waals surface area contributed by atoms with E-state index in [1.807, 2.05) is 51.3 Å². The lowest BCUT2D eigenvalue weighted by molar-refractivity contribution is 0.277. The summed E-state index contributed by atoms with van der Waals surface area (Å²) in [7, 11) is 22.0. The number of rotatable bonds is 28. The number of aryl methyl sites for hydroxylation is 8. The van der Waals surface area contributed by atoms with Gasteiger partial charge in [0.1, 0.15) is 23.0 Å². The molecular formula is C125H162O13. The van der Waals surface area contributed by atoms with Gasteiger partial charge in [-0.05, 0) is 356 Å². The Morgan fingerprint density at radius 2 is 0.746 bits per heavy atom. The van der Waals surface area contributed by atoms with E-state index in [1.54, 1.807) is 91.6 Å². The molecule has 0 saturated heterocycles. The summed E-state index contributed by atoms with van der Waals surface area (Å²) < 4.78 is 59.7. The smallest absolute Gasteiger partial charge is 0.163 e. The number of hydrogen-bond acceptors (Lipinski definition) is 13. The highest BCUT2D eigenvalue weighted by atomic mass is 16.5. The Hall–Kier alpha value is -11.1. The van der Waals surface area contributed by atoms with Crippen LogP contribution in [0.2, 0.25) is 0 Å². The van der Waals surface area contributed by atoms with Crippen molar-refractivity contribution >= 4 is 0 Å². The Balaban J connectivity index is 0.000000189. The van der Waals surface area contributed by atoms with Gasteiger partial charge in [-0.15, -0.1) is 0 Å². The van der Waals surface area contributed by atoms with E-state index >= 15 is 0 Å². The van der Waals surface area contributed by atoms with E-state index in [2.05, 4.69) is 237 Å². The molecule has 138 heavy (non-hydrogen) atoms. The van der Waals surface area contributed by atoms with E-state index in [9.17, 15) is 10.2 Å². The number of benzene rings is 11. The summed E-state index contributed by atoms with van der Waals surface area (Å²) in [4.78, 5) is 0. The van der Waals surface area contributed by atoms with E-state index < -0.39 is 0 Å². The fourth-order valence-electron chi connectivity index (χ4n) is 22.5. The maximum Gasteiger partial charge on any atom is 0.163 e. The number of allylic oxidation sites excluding steroid dienone is 2. The molecule has 4 saturated carbocycles. The number of aliphatic hydroxyl groups is 2. The van der Waals surface area contributed by atoms with Crippen molar-refractivity contribution in [2.24, 2.45) is 0 Å². The molecular weight excluding hydrogens is 1710 g/mol. The van der Waals surface area contributed by atoms with Crippen LogP contribution in [0.4, 0.5) is 0 Å². The summed E-state index contributed by atoms with van der Waals surface area (Å²) in [5.74, 6) is 9.19. The molecule has 15 rings (SSSR count). The Morgan fingerprint density at radius 1 is 0.312 bits per heavy atom. The van der Waals surface area contributed by atoms with Crippen molar-refractivity contribution < 1.29 is 62.3 Å². The van der Waals surface area contributed by atoms with Gasteiger partial charge in [-0.25, -0.2) is 0 Å². The lowest BCUT2D eigenvalue weighted by Gasteiger charge is -2.32. The summed E-state index contributed by atoms with van der Waals surface area (Å²) in [5.41, 5.74) is 37.4. The highest BCUT2D eigenvalue weighted by Crippen LogP contribution is 2.52. The first-order valence-corrected chi connectivity index (χ1v) is 50.2. The lowest BCUT2D eigenvalue weighted by atomic mass is 9.72. The SMILES string of the molecule is C=C(/C(C)=C/OC)C(c1ccccc1OC)c1ccc(C)c(C)c1C.COC.COC.COc1cc(C(c2ccccc2)c2c(C)cc(C)cc2OC)cc(C)c1OC.COc1cc(C)c(C(c2ccccc2)c2c(C)cc(CO)c(C3CCCCC3)c2C)cc1C1CCCCC1.COc1ccc(C(c2cc(C3CCCCC3)c(CO)cc2C)c2cc(C3CCCCC3)c(OC)cc2C)cc1OC. The van der Waals surface area contributed by atoms with Gasteiger partial charge in [-0.1, -0.05) is 223 Å². The second kappa shape index (κ2) is 53.9. The minimum absolute atomic E-state index is 0.0122. The molecule has 4 aliphatic carbocycles. The predicted octanol–water partition coefficient (Wildman–Crippen LogP) is 30.7. The molecule has 4 aliphatic rings. The van der Waals surface area contributed by atoms with Gasteiger partial charge >= 0.3 is 0 Å². The fourth-order valence-corrected chi connectivity index (χ4v) is 22.5. The molecule has 11 aromatic carbocycles. The second-order valence-corrected chi connectivity index (χ2v) is 38.6. The van der Waals surface area contributed by atoms with Crippen LogP contribution in [0.3, 0.4) is 0 Å². The molecule has 740 valence electrons. The van der Waals surface area contributed by atoms with Crippen molar-refractivity contribution in [1.82, 2.24) is 0 Å². The molecule has 13 heteroatoms. The van der Waals surface area contributed by atoms with E-state index in [0.717, 1.165) is 85.0 Å². The van der Waals surface area contributed by atoms with Crippen molar-refractivity contribution in [3.05, 3.63) is 362 Å². The number of methoxy groups -OCH3 is 11. The lowest BCUT2D eigenvalue weighted by Crippen LogP contribution is -2.16. The first-order valence-electron chi connectivity index (χ1n) is 50.2. The first-order chi connectivity index (χ1) is 66.7. The highest BCUT2D eigenvalue weighted by molar-refractivity contribution is 5.64. The molecule has 0 radical (unpaired) electrons. The van der Waals surface area contributed by atoms with Crippen LogP contribution in [0.15, 0.2) is 206 Å². The largest absolute Gasteiger partial charge is 0.504 e. The molecule has 13 nitrogen and oxygen atoms in total. The average Bonchev–Trinajstić information content (AvgIpc) is 0.757. The number of hydrogen-bond donors (Lipinski definition) is 2. The summed E-state index contributed by atoms with van der Waals surface area (Å²) in [6.45, 7) is 30.7. The van der Waals surface area contributed by atoms with Gasteiger partial charge in [0, 0.05) is 63.2 Å². The van der Waals surface area contributed by atoms with Gasteiger partial charge in [-0.3, -0.25) is 0 Å². The van der Waals surface area contributed by atoms with Gasteiger partial charge in [0.05, 0.1) is 83.5 Å². The molecule has 0 heterocycles. The number of para-hydroxylation sites is 1. The summed E-state index contributed by atoms with van der Waals surface area (Å²) in [5, 5.41) is 20.8. The Morgan fingerprint density at radius 3 is 1.23 bits per heavy atom. The van der Waals surface area contributed by atoms with Crippen LogP contribution in [-0.4, -0.2) is 103 Å². The number of aliphatic hydroxyl groups excluding tert-OH is 2. The minimum atomic E-state index is 0.0122. The van der Waals surface area contributed by atoms with Crippen LogP contribution in [0.5, 0.6) is 46.0 Å². The monoisotopic (exact) mass is 1870 g/mol. The molecule has 4 fully saturated rings. The van der Waals surface area contributed by atoms with E-state index in [-0.39, 0.29) is 36.9 Å². The van der Waals surface area contributed by atoms with Gasteiger partial charge in [0.25, 0.3) is 0 Å². The van der Waals surface area contributed by atoms with Crippen molar-refractivity contribution in [3.8, 4) is 46.0 Å². The number of ether oxygens (including phenoxy) is 11. The van der Waals surface area contributed by atoms with Crippen LogP contribution < -0.4 is 37.9 Å². The predicted molar refractivity (Wildman–Crippen MR) is 571 cm³/mol. The van der Waals surface area contributed by atoms with E-state index in [0.29, 0.717) is 23.7 Å². The first kappa shape index (κ1) is 109. The molecule has 11 aromatic rings. The standard InChI is InChI=1S/C37H48O4.C36H46O2.C25H28O3.C23H28O2.2C2H6O/c1-24-18-29(23-38)32(26-12-8-6-9-13-26)21-30(24)37(28-16-17-34(39-3)36(20-28)41-5)31-22-33(27-14-10-7-11-15-27)35(40-4)19-25(31)2;1-24-21-33(38-4)32(27-14-8-5-9-15-27)22-31(24)36(29-18-12-7-13-19-29)34-25(2)20-30(23-37)35(26(34)3)28-16-10-6-11-17-28;1-16-12-17(2)23(21(13-16)26-4)24(19-10-8-7-9-11-19)20-14-18(3)25(28-6)22(15-20)27-5;1-15-12-13-20(19(5)17(15)3)23(18(4)16(2)14-24-6)21-10-8-9-11-22(21)25-7;2*1-3-2/h16-22,26-27,37-38H,6-15,23H2,1-5H3;7,12-13,18-22,27-28,36-37H,5-6,8-11,14-17,23H2,1-4H3;7-15,24H,1-6H3;8-14,23H,4H2,1-3,5-7H3;2*1-2H3/b;;;16-14+;;. The average molecular weight is 1870 g/mol. The molecule has 4 unspecified atom stereocenters. The Bertz CT molecular complexity index is 5680. The zero-order valence-electron chi connectivity index (χ0n) is 88.2. The van der Waals surface area contributed by atoms with Crippen molar-refractivity contribution in [1.29, 1.82) is 0 Å². The fraction of sp³-hybridized carbons (Fsp3) is 0.440. The summed E-state index contributed by atoms with van der Waals surface area (Å²) >= 11 is 0. The maximum atomic E-state index is 10.4. The third-order valence-electron chi connectivity index (χ3n) is 29.5.